The molecule has 2 aromatic carbocycles. The molecule has 0 aromatic heterocycles. The molecule has 4 nitrogen and oxygen atoms in total. The zero-order chi connectivity index (χ0) is 17.0. The third kappa shape index (κ3) is 4.79. The number of amides is 1. The Kier molecular flexibility index (Phi) is 5.34. The lowest BCUT2D eigenvalue weighted by atomic mass is 10.1. The Morgan fingerprint density at radius 3 is 2.43 bits per heavy atom. The summed E-state index contributed by atoms with van der Waals surface area (Å²) in [6, 6.07) is 9.05. The molecule has 0 radical (unpaired) electrons. The van der Waals surface area contributed by atoms with Crippen LogP contribution in [0.5, 0.6) is 0 Å². The second-order valence-corrected chi connectivity index (χ2v) is 5.56. The summed E-state index contributed by atoms with van der Waals surface area (Å²) in [4.78, 5) is 23.7. The smallest absolute Gasteiger partial charge is 0.338 e. The molecule has 0 aliphatic rings. The summed E-state index contributed by atoms with van der Waals surface area (Å²) in [6.07, 6.45) is 0. The highest BCUT2D eigenvalue weighted by Crippen LogP contribution is 2.19. The average molecular weight is 336 g/mol. The van der Waals surface area contributed by atoms with Gasteiger partial charge in [0.05, 0.1) is 11.3 Å². The van der Waals surface area contributed by atoms with Crippen LogP contribution in [0.1, 0.15) is 21.5 Å². The molecule has 0 fully saturated rings. The third-order valence-corrected chi connectivity index (χ3v) is 3.23. The molecule has 0 aliphatic heterocycles. The van der Waals surface area contributed by atoms with Crippen molar-refractivity contribution in [3.05, 3.63) is 63.9 Å². The molecule has 2 rings (SSSR count). The van der Waals surface area contributed by atoms with Crippen LogP contribution < -0.4 is 5.32 Å². The summed E-state index contributed by atoms with van der Waals surface area (Å²) >= 11 is 5.73. The largest absolute Gasteiger partial charge is 0.452 e. The van der Waals surface area contributed by atoms with E-state index in [4.69, 9.17) is 16.3 Å². The Labute approximate surface area is 138 Å². The highest BCUT2D eigenvalue weighted by molar-refractivity contribution is 6.30. The van der Waals surface area contributed by atoms with Crippen LogP contribution in [0.4, 0.5) is 10.1 Å². The molecule has 0 spiro atoms. The quantitative estimate of drug-likeness (QED) is 0.862. The number of aryl methyl sites for hydroxylation is 2. The Hall–Kier alpha value is -2.40. The van der Waals surface area contributed by atoms with Crippen LogP contribution in [-0.2, 0) is 9.53 Å². The second-order valence-electron chi connectivity index (χ2n) is 5.12. The molecule has 1 amide bonds. The van der Waals surface area contributed by atoms with Crippen LogP contribution in [0, 0.1) is 19.7 Å². The van der Waals surface area contributed by atoms with E-state index in [9.17, 15) is 14.0 Å². The number of anilines is 1. The lowest BCUT2D eigenvalue weighted by Gasteiger charge is -2.08. The highest BCUT2D eigenvalue weighted by atomic mass is 35.5. The fourth-order valence-electron chi connectivity index (χ4n) is 2.09. The van der Waals surface area contributed by atoms with Crippen LogP contribution in [0.3, 0.4) is 0 Å². The van der Waals surface area contributed by atoms with Crippen LogP contribution in [-0.4, -0.2) is 18.5 Å². The molecule has 0 atom stereocenters. The lowest BCUT2D eigenvalue weighted by Crippen LogP contribution is -2.21. The van der Waals surface area contributed by atoms with Gasteiger partial charge in [-0.3, -0.25) is 4.79 Å². The first-order chi connectivity index (χ1) is 10.8. The summed E-state index contributed by atoms with van der Waals surface area (Å²) in [7, 11) is 0. The van der Waals surface area contributed by atoms with Crippen molar-refractivity contribution in [3.63, 3.8) is 0 Å². The van der Waals surface area contributed by atoms with Crippen LogP contribution in [0.15, 0.2) is 36.4 Å². The minimum absolute atomic E-state index is 0.0649. The zero-order valence-electron chi connectivity index (χ0n) is 12.7. The molecular weight excluding hydrogens is 321 g/mol. The van der Waals surface area contributed by atoms with Gasteiger partial charge >= 0.3 is 5.97 Å². The van der Waals surface area contributed by atoms with Gasteiger partial charge < -0.3 is 10.1 Å². The number of carbonyl (C=O) groups is 2. The first-order valence-corrected chi connectivity index (χ1v) is 7.23. The molecule has 0 saturated carbocycles. The van der Waals surface area contributed by atoms with E-state index in [0.717, 1.165) is 17.2 Å². The van der Waals surface area contributed by atoms with Gasteiger partial charge in [0.1, 0.15) is 5.82 Å². The molecule has 0 heterocycles. The highest BCUT2D eigenvalue weighted by Gasteiger charge is 2.13. The number of rotatable bonds is 4. The first kappa shape index (κ1) is 17.0. The standard InChI is InChI=1S/C17H15ClFNO3/c1-10-5-11(2)7-12(6-10)17(22)23-9-16(21)20-15-8-13(18)3-4-14(15)19/h3-8H,9H2,1-2H3,(H,20,21). The van der Waals surface area contributed by atoms with Crippen molar-refractivity contribution in [2.75, 3.05) is 11.9 Å². The van der Waals surface area contributed by atoms with Crippen LogP contribution in [0.2, 0.25) is 5.02 Å². The van der Waals surface area contributed by atoms with Crippen molar-refractivity contribution in [2.45, 2.75) is 13.8 Å². The van der Waals surface area contributed by atoms with Gasteiger partial charge in [0.15, 0.2) is 6.61 Å². The maximum Gasteiger partial charge on any atom is 0.338 e. The van der Waals surface area contributed by atoms with E-state index in [1.54, 1.807) is 12.1 Å². The minimum Gasteiger partial charge on any atom is -0.452 e. The fourth-order valence-corrected chi connectivity index (χ4v) is 2.26. The maximum atomic E-state index is 13.5. The van der Waals surface area contributed by atoms with Gasteiger partial charge in [0, 0.05) is 5.02 Å². The number of carbonyl (C=O) groups excluding carboxylic acids is 2. The molecular formula is C17H15ClFNO3. The Morgan fingerprint density at radius 1 is 1.13 bits per heavy atom. The third-order valence-electron chi connectivity index (χ3n) is 2.99. The molecule has 0 unspecified atom stereocenters. The SMILES string of the molecule is Cc1cc(C)cc(C(=O)OCC(=O)Nc2cc(Cl)ccc2F)c1. The van der Waals surface area contributed by atoms with E-state index in [1.165, 1.54) is 12.1 Å². The summed E-state index contributed by atoms with van der Waals surface area (Å²) in [5, 5.41) is 2.59. The Balaban J connectivity index is 1.96. The van der Waals surface area contributed by atoms with Crippen molar-refractivity contribution < 1.29 is 18.7 Å². The molecule has 120 valence electrons. The number of esters is 1. The van der Waals surface area contributed by atoms with Crippen molar-refractivity contribution in [2.24, 2.45) is 0 Å². The van der Waals surface area contributed by atoms with E-state index in [1.807, 2.05) is 19.9 Å². The second kappa shape index (κ2) is 7.24. The van der Waals surface area contributed by atoms with E-state index >= 15 is 0 Å². The number of nitrogens with one attached hydrogen (secondary N) is 1. The van der Waals surface area contributed by atoms with Gasteiger partial charge in [-0.05, 0) is 44.2 Å². The number of halogens is 2. The maximum absolute atomic E-state index is 13.5. The van der Waals surface area contributed by atoms with E-state index in [-0.39, 0.29) is 10.7 Å². The monoisotopic (exact) mass is 335 g/mol. The Bertz CT molecular complexity index is 741. The molecule has 2 aromatic rings. The number of ether oxygens (including phenoxy) is 1. The molecule has 23 heavy (non-hydrogen) atoms. The van der Waals surface area contributed by atoms with Crippen molar-refractivity contribution in [1.29, 1.82) is 0 Å². The van der Waals surface area contributed by atoms with Gasteiger partial charge in [-0.25, -0.2) is 9.18 Å². The van der Waals surface area contributed by atoms with Gasteiger partial charge in [0.2, 0.25) is 0 Å². The predicted octanol–water partition coefficient (Wildman–Crippen LogP) is 3.89. The molecule has 0 bridgehead atoms. The van der Waals surface area contributed by atoms with E-state index in [0.29, 0.717) is 5.56 Å². The van der Waals surface area contributed by atoms with Crippen molar-refractivity contribution >= 4 is 29.2 Å². The summed E-state index contributed by atoms with van der Waals surface area (Å²) in [5.41, 5.74) is 2.14. The van der Waals surface area contributed by atoms with Crippen molar-refractivity contribution in [3.8, 4) is 0 Å². The van der Waals surface area contributed by atoms with Crippen molar-refractivity contribution in [1.82, 2.24) is 0 Å². The van der Waals surface area contributed by atoms with E-state index < -0.39 is 24.3 Å². The summed E-state index contributed by atoms with van der Waals surface area (Å²) < 4.78 is 18.4. The lowest BCUT2D eigenvalue weighted by molar-refractivity contribution is -0.119. The minimum atomic E-state index is -0.649. The number of benzene rings is 2. The topological polar surface area (TPSA) is 55.4 Å². The molecule has 0 aliphatic carbocycles. The zero-order valence-corrected chi connectivity index (χ0v) is 13.4. The van der Waals surface area contributed by atoms with Gasteiger partial charge in [-0.1, -0.05) is 28.8 Å². The predicted molar refractivity (Wildman–Crippen MR) is 86.2 cm³/mol. The van der Waals surface area contributed by atoms with Gasteiger partial charge in [-0.2, -0.15) is 0 Å². The van der Waals surface area contributed by atoms with Crippen LogP contribution in [0.25, 0.3) is 0 Å². The number of hydrogen-bond acceptors (Lipinski definition) is 3. The fraction of sp³-hybridized carbons (Fsp3) is 0.176. The number of hydrogen-bond donors (Lipinski definition) is 1. The summed E-state index contributed by atoms with van der Waals surface area (Å²) in [5.74, 6) is -1.88. The average Bonchev–Trinajstić information content (AvgIpc) is 2.47. The molecule has 0 saturated heterocycles. The van der Waals surface area contributed by atoms with Gasteiger partial charge in [-0.15, -0.1) is 0 Å². The Morgan fingerprint density at radius 2 is 1.78 bits per heavy atom. The van der Waals surface area contributed by atoms with Gasteiger partial charge in [0.25, 0.3) is 5.91 Å². The summed E-state index contributed by atoms with van der Waals surface area (Å²) in [6.45, 7) is 3.20. The first-order valence-electron chi connectivity index (χ1n) is 6.85. The normalized spacial score (nSPS) is 10.3. The van der Waals surface area contributed by atoms with Crippen LogP contribution >= 0.6 is 11.6 Å². The molecule has 1 N–H and O–H groups in total. The van der Waals surface area contributed by atoms with E-state index in [2.05, 4.69) is 5.32 Å². The molecule has 6 heteroatoms.